The van der Waals surface area contributed by atoms with E-state index in [1.54, 1.807) is 0 Å². The van der Waals surface area contributed by atoms with Crippen molar-refractivity contribution in [2.45, 2.75) is 6.92 Å². The molecular weight excluding hydrogens is 228 g/mol. The Labute approximate surface area is 85.0 Å². The van der Waals surface area contributed by atoms with Crippen molar-refractivity contribution in [3.8, 4) is 0 Å². The van der Waals surface area contributed by atoms with E-state index in [4.69, 9.17) is 0 Å². The zero-order chi connectivity index (χ0) is 9.26. The molecule has 2 aromatic heterocycles. The molecule has 0 radical (unpaired) electrons. The highest BCUT2D eigenvalue weighted by molar-refractivity contribution is 9.10. The number of imidazole rings is 1. The molecule has 2 rings (SSSR count). The fraction of sp³-hybridized carbons (Fsp3) is 0.100. The van der Waals surface area contributed by atoms with Gasteiger partial charge in [-0.2, -0.15) is 0 Å². The van der Waals surface area contributed by atoms with Gasteiger partial charge >= 0.3 is 0 Å². The Morgan fingerprint density at radius 3 is 3.08 bits per heavy atom. The first kappa shape index (κ1) is 8.51. The molecule has 0 aliphatic carbocycles. The van der Waals surface area contributed by atoms with E-state index in [0.29, 0.717) is 0 Å². The molecule has 0 saturated heterocycles. The fourth-order valence-electron chi connectivity index (χ4n) is 1.27. The van der Waals surface area contributed by atoms with Gasteiger partial charge in [-0.1, -0.05) is 6.08 Å². The maximum absolute atomic E-state index is 4.27. The Bertz CT molecular complexity index is 457. The van der Waals surface area contributed by atoms with E-state index in [1.165, 1.54) is 0 Å². The summed E-state index contributed by atoms with van der Waals surface area (Å²) in [5, 5.41) is 0. The van der Waals surface area contributed by atoms with Crippen molar-refractivity contribution < 1.29 is 0 Å². The van der Waals surface area contributed by atoms with E-state index in [-0.39, 0.29) is 0 Å². The van der Waals surface area contributed by atoms with Crippen LogP contribution in [0.1, 0.15) is 12.6 Å². The lowest BCUT2D eigenvalue weighted by molar-refractivity contribution is 1.16. The summed E-state index contributed by atoms with van der Waals surface area (Å²) in [6, 6.07) is 3.97. The van der Waals surface area contributed by atoms with E-state index in [2.05, 4.69) is 20.9 Å². The first-order valence-corrected chi connectivity index (χ1v) is 4.86. The first-order chi connectivity index (χ1) is 6.31. The predicted molar refractivity (Wildman–Crippen MR) is 57.6 cm³/mol. The van der Waals surface area contributed by atoms with E-state index < -0.39 is 0 Å². The van der Waals surface area contributed by atoms with Crippen molar-refractivity contribution >= 4 is 27.7 Å². The molecule has 0 fully saturated rings. The number of allylic oxidation sites excluding steroid dienone is 1. The van der Waals surface area contributed by atoms with Gasteiger partial charge in [0.05, 0.1) is 11.9 Å². The molecule has 3 heteroatoms. The molecule has 2 heterocycles. The van der Waals surface area contributed by atoms with Gasteiger partial charge in [-0.25, -0.2) is 4.98 Å². The van der Waals surface area contributed by atoms with Crippen LogP contribution < -0.4 is 0 Å². The molecule has 0 N–H and O–H groups in total. The second kappa shape index (κ2) is 3.34. The van der Waals surface area contributed by atoms with Crippen LogP contribution >= 0.6 is 15.9 Å². The smallest absolute Gasteiger partial charge is 0.137 e. The summed E-state index contributed by atoms with van der Waals surface area (Å²) in [6.07, 6.45) is 7.91. The van der Waals surface area contributed by atoms with Crippen molar-refractivity contribution in [2.75, 3.05) is 0 Å². The standard InChI is InChI=1S/C10H9BrN2/c1-2-3-9-6-12-10-5-4-8(11)7-13(9)10/h2-7H,1H3/b3-2+. The van der Waals surface area contributed by atoms with Crippen molar-refractivity contribution in [3.63, 3.8) is 0 Å². The lowest BCUT2D eigenvalue weighted by Gasteiger charge is -1.96. The van der Waals surface area contributed by atoms with Gasteiger partial charge in [-0.3, -0.25) is 4.40 Å². The average molecular weight is 237 g/mol. The summed E-state index contributed by atoms with van der Waals surface area (Å²) in [5.74, 6) is 0. The maximum atomic E-state index is 4.27. The highest BCUT2D eigenvalue weighted by Crippen LogP contribution is 2.14. The third-order valence-electron chi connectivity index (χ3n) is 1.84. The van der Waals surface area contributed by atoms with Crippen LogP contribution in [0.2, 0.25) is 0 Å². The summed E-state index contributed by atoms with van der Waals surface area (Å²) < 4.78 is 3.10. The van der Waals surface area contributed by atoms with Crippen molar-refractivity contribution in [1.29, 1.82) is 0 Å². The van der Waals surface area contributed by atoms with Crippen molar-refractivity contribution in [1.82, 2.24) is 9.38 Å². The number of halogens is 1. The Morgan fingerprint density at radius 1 is 1.46 bits per heavy atom. The summed E-state index contributed by atoms with van der Waals surface area (Å²) in [7, 11) is 0. The first-order valence-electron chi connectivity index (χ1n) is 4.06. The molecule has 13 heavy (non-hydrogen) atoms. The fourth-order valence-corrected chi connectivity index (χ4v) is 1.60. The van der Waals surface area contributed by atoms with Crippen LogP contribution in [0, 0.1) is 0 Å². The molecule has 0 aliphatic heterocycles. The zero-order valence-corrected chi connectivity index (χ0v) is 8.82. The molecule has 0 bridgehead atoms. The number of aromatic nitrogens is 2. The molecule has 0 spiro atoms. The van der Waals surface area contributed by atoms with E-state index >= 15 is 0 Å². The normalized spacial score (nSPS) is 11.5. The number of pyridine rings is 1. The minimum Gasteiger partial charge on any atom is -0.299 e. The average Bonchev–Trinajstić information content (AvgIpc) is 2.49. The van der Waals surface area contributed by atoms with E-state index in [0.717, 1.165) is 15.8 Å². The second-order valence-electron chi connectivity index (χ2n) is 2.76. The SMILES string of the molecule is C/C=C/c1cnc2ccc(Br)cn12. The van der Waals surface area contributed by atoms with Crippen molar-refractivity contribution in [3.05, 3.63) is 40.8 Å². The summed E-state index contributed by atoms with van der Waals surface area (Å²) in [6.45, 7) is 2.00. The number of hydrogen-bond donors (Lipinski definition) is 0. The minimum absolute atomic E-state index is 0.969. The monoisotopic (exact) mass is 236 g/mol. The molecule has 0 aliphatic rings. The van der Waals surface area contributed by atoms with Gasteiger partial charge in [0, 0.05) is 10.7 Å². The largest absolute Gasteiger partial charge is 0.299 e. The van der Waals surface area contributed by atoms with Gasteiger partial charge in [0.2, 0.25) is 0 Å². The van der Waals surface area contributed by atoms with Gasteiger partial charge in [0.1, 0.15) is 5.65 Å². The minimum atomic E-state index is 0.969. The lowest BCUT2D eigenvalue weighted by Crippen LogP contribution is -1.85. The summed E-state index contributed by atoms with van der Waals surface area (Å²) in [5.41, 5.74) is 2.06. The van der Waals surface area contributed by atoms with Gasteiger partial charge in [-0.15, -0.1) is 0 Å². The molecule has 0 amide bonds. The van der Waals surface area contributed by atoms with Crippen LogP contribution in [0.4, 0.5) is 0 Å². The number of rotatable bonds is 1. The second-order valence-corrected chi connectivity index (χ2v) is 3.67. The van der Waals surface area contributed by atoms with Crippen LogP contribution in [0.3, 0.4) is 0 Å². The Hall–Kier alpha value is -1.09. The third kappa shape index (κ3) is 1.52. The van der Waals surface area contributed by atoms with Crippen LogP contribution in [-0.4, -0.2) is 9.38 Å². The van der Waals surface area contributed by atoms with Crippen LogP contribution in [-0.2, 0) is 0 Å². The third-order valence-corrected chi connectivity index (χ3v) is 2.30. The summed E-state index contributed by atoms with van der Waals surface area (Å²) >= 11 is 3.43. The van der Waals surface area contributed by atoms with Crippen LogP contribution in [0.5, 0.6) is 0 Å². The molecular formula is C10H9BrN2. The molecule has 0 atom stereocenters. The topological polar surface area (TPSA) is 17.3 Å². The maximum Gasteiger partial charge on any atom is 0.137 e. The molecule has 2 nitrogen and oxygen atoms in total. The highest BCUT2D eigenvalue weighted by atomic mass is 79.9. The number of nitrogens with zero attached hydrogens (tertiary/aromatic N) is 2. The molecule has 0 unspecified atom stereocenters. The van der Waals surface area contributed by atoms with Gasteiger partial charge in [-0.05, 0) is 41.1 Å². The van der Waals surface area contributed by atoms with E-state index in [9.17, 15) is 0 Å². The van der Waals surface area contributed by atoms with Gasteiger partial charge in [0.25, 0.3) is 0 Å². The van der Waals surface area contributed by atoms with Crippen molar-refractivity contribution in [2.24, 2.45) is 0 Å². The quantitative estimate of drug-likeness (QED) is 0.744. The predicted octanol–water partition coefficient (Wildman–Crippen LogP) is 3.13. The van der Waals surface area contributed by atoms with Gasteiger partial charge < -0.3 is 0 Å². The molecule has 2 aromatic rings. The van der Waals surface area contributed by atoms with Crippen LogP contribution in [0.25, 0.3) is 11.7 Å². The zero-order valence-electron chi connectivity index (χ0n) is 7.24. The Kier molecular flexibility index (Phi) is 2.19. The Balaban J connectivity index is 2.71. The number of fused-ring (bicyclic) bond motifs is 1. The lowest BCUT2D eigenvalue weighted by atomic mass is 10.4. The van der Waals surface area contributed by atoms with Gasteiger partial charge in [0.15, 0.2) is 0 Å². The molecule has 66 valence electrons. The van der Waals surface area contributed by atoms with Crippen LogP contribution in [0.15, 0.2) is 35.1 Å². The van der Waals surface area contributed by atoms with E-state index in [1.807, 2.05) is 48.0 Å². The summed E-state index contributed by atoms with van der Waals surface area (Å²) in [4.78, 5) is 4.27. The Morgan fingerprint density at radius 2 is 2.31 bits per heavy atom. The molecule has 0 aromatic carbocycles. The number of hydrogen-bond acceptors (Lipinski definition) is 1. The highest BCUT2D eigenvalue weighted by Gasteiger charge is 1.98. The molecule has 0 saturated carbocycles.